The minimum atomic E-state index is -6.04. The van der Waals surface area contributed by atoms with E-state index in [0.29, 0.717) is 6.92 Å². The van der Waals surface area contributed by atoms with Crippen molar-refractivity contribution in [1.82, 2.24) is 10.6 Å². The van der Waals surface area contributed by atoms with Crippen LogP contribution in [-0.4, -0.2) is 83.4 Å². The lowest BCUT2D eigenvalue weighted by molar-refractivity contribution is -0.384. The number of aliphatic hydroxyl groups is 1. The fourth-order valence-corrected chi connectivity index (χ4v) is 3.80. The van der Waals surface area contributed by atoms with Gasteiger partial charge >= 0.3 is 18.3 Å². The molecule has 0 saturated heterocycles. The number of nitrogens with zero attached hydrogens (tertiary/aromatic N) is 2. The van der Waals surface area contributed by atoms with Gasteiger partial charge in [0.1, 0.15) is 36.1 Å². The Morgan fingerprint density at radius 1 is 1.09 bits per heavy atom. The Balaban J connectivity index is 1.74. The van der Waals surface area contributed by atoms with Crippen LogP contribution in [0.1, 0.15) is 13.8 Å². The Bertz CT molecular complexity index is 1500. The fourth-order valence-electron chi connectivity index (χ4n) is 3.80. The Kier molecular flexibility index (Phi) is 10.3. The lowest BCUT2D eigenvalue weighted by Crippen LogP contribution is -2.63. The monoisotopic (exact) mass is 666 g/mol. The average molecular weight is 666 g/mol. The highest BCUT2D eigenvalue weighted by atomic mass is 19.4. The molecule has 2 aromatic carbocycles. The molecule has 0 aliphatic carbocycles. The molecule has 0 aromatic heterocycles. The summed E-state index contributed by atoms with van der Waals surface area (Å²) in [6, 6.07) is 5.50. The second-order valence-corrected chi connectivity index (χ2v) is 9.78. The van der Waals surface area contributed by atoms with E-state index in [1.165, 1.54) is 6.92 Å². The molecule has 1 heterocycles. The molecule has 14 nitrogen and oxygen atoms in total. The van der Waals surface area contributed by atoms with E-state index in [1.54, 1.807) is 0 Å². The van der Waals surface area contributed by atoms with E-state index in [1.807, 2.05) is 5.32 Å². The molecule has 3 N–H and O–H groups in total. The number of nitro groups is 1. The number of alkyl halides is 5. The Morgan fingerprint density at radius 2 is 1.72 bits per heavy atom. The van der Waals surface area contributed by atoms with E-state index in [2.05, 4.69) is 0 Å². The number of hydrogen-bond acceptors (Lipinski definition) is 10. The maximum absolute atomic E-state index is 14.2. The molecule has 2 aromatic rings. The molecule has 0 saturated carbocycles. The number of non-ortho nitro benzene ring substituents is 1. The summed E-state index contributed by atoms with van der Waals surface area (Å²) in [5.41, 5.74) is -3.77. The largest absolute Gasteiger partial charge is 0.513 e. The summed E-state index contributed by atoms with van der Waals surface area (Å²) in [6.45, 7) is -1.73. The minimum absolute atomic E-state index is 0.105. The topological polar surface area (TPSA) is 187 Å². The number of ether oxygens (including phenoxy) is 3. The van der Waals surface area contributed by atoms with Gasteiger partial charge in [-0.1, -0.05) is 0 Å². The third-order valence-electron chi connectivity index (χ3n) is 6.37. The third kappa shape index (κ3) is 8.11. The number of anilines is 1. The van der Waals surface area contributed by atoms with Crippen molar-refractivity contribution in [2.24, 2.45) is 0 Å². The van der Waals surface area contributed by atoms with Gasteiger partial charge in [0, 0.05) is 18.2 Å². The van der Waals surface area contributed by atoms with Gasteiger partial charge in [-0.05, 0) is 38.1 Å². The second-order valence-electron chi connectivity index (χ2n) is 9.78. The standard InChI is InChI=1S/C26H24F6N4O10/c1-13-19(34-22(39)24(2,41)21(38)33-12-25(28,29)26(30,31)32)20(37)35(17-11-14(27)3-8-18(17)45-13)9-10-44-23(40)46-16-6-4-15(5-7-16)36(42)43/h3-8,11,13,19,41H,9-10,12H2,1-2H3,(H,33,38)(H,34,39)/t13-,19+,24?/m1/s1. The number of fused-ring (bicyclic) bond motifs is 1. The van der Waals surface area contributed by atoms with E-state index in [0.717, 1.165) is 52.7 Å². The Hall–Kier alpha value is -5.14. The van der Waals surface area contributed by atoms with Gasteiger partial charge in [0.15, 0.2) is 0 Å². The lowest BCUT2D eigenvalue weighted by atomic mass is 10.0. The van der Waals surface area contributed by atoms with Gasteiger partial charge in [-0.2, -0.15) is 22.0 Å². The molecule has 250 valence electrons. The zero-order valence-electron chi connectivity index (χ0n) is 23.6. The van der Waals surface area contributed by atoms with Crippen molar-refractivity contribution in [3.63, 3.8) is 0 Å². The molecule has 20 heteroatoms. The summed E-state index contributed by atoms with van der Waals surface area (Å²) in [6.07, 6.45) is -8.66. The summed E-state index contributed by atoms with van der Waals surface area (Å²) >= 11 is 0. The molecule has 3 amide bonds. The fraction of sp³-hybridized carbons (Fsp3) is 0.385. The van der Waals surface area contributed by atoms with Crippen LogP contribution in [0.5, 0.6) is 11.5 Å². The molecule has 3 rings (SSSR count). The molecule has 46 heavy (non-hydrogen) atoms. The molecule has 0 bridgehead atoms. The number of nitrogens with one attached hydrogen (secondary N) is 2. The number of nitro benzene ring substituents is 1. The van der Waals surface area contributed by atoms with Crippen molar-refractivity contribution in [1.29, 1.82) is 0 Å². The Morgan fingerprint density at radius 3 is 2.30 bits per heavy atom. The van der Waals surface area contributed by atoms with Crippen molar-refractivity contribution in [2.45, 2.75) is 43.7 Å². The van der Waals surface area contributed by atoms with E-state index >= 15 is 0 Å². The first-order chi connectivity index (χ1) is 21.2. The molecular weight excluding hydrogens is 642 g/mol. The van der Waals surface area contributed by atoms with E-state index < -0.39 is 84.2 Å². The van der Waals surface area contributed by atoms with E-state index in [-0.39, 0.29) is 22.9 Å². The van der Waals surface area contributed by atoms with Crippen molar-refractivity contribution in [2.75, 3.05) is 24.6 Å². The van der Waals surface area contributed by atoms with Gasteiger partial charge in [-0.3, -0.25) is 24.5 Å². The molecule has 3 atom stereocenters. The molecule has 1 aliphatic rings. The van der Waals surface area contributed by atoms with Crippen molar-refractivity contribution < 1.29 is 69.8 Å². The number of amides is 3. The normalized spacial score (nSPS) is 17.8. The second kappa shape index (κ2) is 13.5. The van der Waals surface area contributed by atoms with Gasteiger partial charge in [-0.25, -0.2) is 9.18 Å². The first-order valence-electron chi connectivity index (χ1n) is 12.9. The predicted molar refractivity (Wildman–Crippen MR) is 140 cm³/mol. The van der Waals surface area contributed by atoms with Crippen LogP contribution in [0.4, 0.5) is 42.5 Å². The van der Waals surface area contributed by atoms with Gasteiger partial charge in [0.25, 0.3) is 23.4 Å². The lowest BCUT2D eigenvalue weighted by Gasteiger charge is -2.29. The SMILES string of the molecule is C[C@H]1Oc2ccc(F)cc2N(CCOC(=O)Oc2ccc([N+](=O)[O-])cc2)C(=O)[C@H]1NC(=O)C(C)(O)C(=O)NCC(F)(F)C(F)(F)F. The number of rotatable bonds is 10. The highest BCUT2D eigenvalue weighted by Crippen LogP contribution is 2.35. The van der Waals surface area contributed by atoms with Crippen LogP contribution in [-0.2, 0) is 19.1 Å². The number of benzene rings is 2. The summed E-state index contributed by atoms with van der Waals surface area (Å²) in [5.74, 6) is -11.2. The zero-order chi connectivity index (χ0) is 34.6. The minimum Gasteiger partial charge on any atom is -0.486 e. The van der Waals surface area contributed by atoms with Crippen LogP contribution < -0.4 is 25.0 Å². The van der Waals surface area contributed by atoms with Gasteiger partial charge in [-0.15, -0.1) is 0 Å². The van der Waals surface area contributed by atoms with Crippen LogP contribution in [0.2, 0.25) is 0 Å². The first-order valence-corrected chi connectivity index (χ1v) is 12.9. The maximum Gasteiger partial charge on any atom is 0.513 e. The van der Waals surface area contributed by atoms with Crippen LogP contribution in [0.3, 0.4) is 0 Å². The predicted octanol–water partition coefficient (Wildman–Crippen LogP) is 2.61. The molecule has 1 unspecified atom stereocenters. The molecule has 0 spiro atoms. The van der Waals surface area contributed by atoms with Crippen molar-refractivity contribution in [3.8, 4) is 11.5 Å². The molecular formula is C26H24F6N4O10. The number of halogens is 6. The highest BCUT2D eigenvalue weighted by molar-refractivity contribution is 6.10. The molecule has 1 aliphatic heterocycles. The van der Waals surface area contributed by atoms with Crippen LogP contribution in [0.25, 0.3) is 0 Å². The third-order valence-corrected chi connectivity index (χ3v) is 6.37. The van der Waals surface area contributed by atoms with Crippen molar-refractivity contribution in [3.05, 3.63) is 58.4 Å². The van der Waals surface area contributed by atoms with Crippen LogP contribution >= 0.6 is 0 Å². The van der Waals surface area contributed by atoms with E-state index in [4.69, 9.17) is 14.2 Å². The zero-order valence-corrected chi connectivity index (χ0v) is 23.6. The van der Waals surface area contributed by atoms with E-state index in [9.17, 15) is 60.7 Å². The summed E-state index contributed by atoms with van der Waals surface area (Å²) in [7, 11) is 0. The Labute approximate surface area is 254 Å². The quantitative estimate of drug-likeness (QED) is 0.0850. The molecule has 0 fully saturated rings. The summed E-state index contributed by atoms with van der Waals surface area (Å²) in [5, 5.41) is 24.3. The van der Waals surface area contributed by atoms with Crippen LogP contribution in [0, 0.1) is 15.9 Å². The van der Waals surface area contributed by atoms with Gasteiger partial charge in [0.2, 0.25) is 5.60 Å². The first kappa shape index (κ1) is 35.3. The number of carbonyl (C=O) groups is 4. The highest BCUT2D eigenvalue weighted by Gasteiger charge is 2.58. The van der Waals surface area contributed by atoms with Crippen molar-refractivity contribution >= 4 is 35.3 Å². The van der Waals surface area contributed by atoms with Gasteiger partial charge in [0.05, 0.1) is 23.7 Å². The molecule has 0 radical (unpaired) electrons. The summed E-state index contributed by atoms with van der Waals surface area (Å²) < 4.78 is 93.4. The number of hydrogen-bond donors (Lipinski definition) is 3. The maximum atomic E-state index is 14.2. The summed E-state index contributed by atoms with van der Waals surface area (Å²) in [4.78, 5) is 61.6. The van der Waals surface area contributed by atoms with Gasteiger partial charge < -0.3 is 34.9 Å². The number of carbonyl (C=O) groups excluding carboxylic acids is 4. The van der Waals surface area contributed by atoms with Crippen LogP contribution in [0.15, 0.2) is 42.5 Å². The average Bonchev–Trinajstić information content (AvgIpc) is 3.05. The smallest absolute Gasteiger partial charge is 0.486 e.